The predicted molar refractivity (Wildman–Crippen MR) is 85.1 cm³/mol. The molecule has 2 atom stereocenters. The summed E-state index contributed by atoms with van der Waals surface area (Å²) in [6.45, 7) is 9.35. The molecular formula is C16H27N3S. The normalized spacial score (nSPS) is 28.3. The maximum Gasteiger partial charge on any atom is 0.109 e. The van der Waals surface area contributed by atoms with Gasteiger partial charge in [0, 0.05) is 36.2 Å². The molecule has 112 valence electrons. The predicted octanol–water partition coefficient (Wildman–Crippen LogP) is 3.45. The van der Waals surface area contributed by atoms with Crippen molar-refractivity contribution in [2.75, 3.05) is 13.1 Å². The second-order valence-corrected chi connectivity index (χ2v) is 7.82. The first kappa shape index (κ1) is 14.5. The lowest BCUT2D eigenvalue weighted by Gasteiger charge is -2.49. The van der Waals surface area contributed by atoms with Gasteiger partial charge in [-0.1, -0.05) is 26.7 Å². The van der Waals surface area contributed by atoms with Crippen molar-refractivity contribution in [2.45, 2.75) is 64.1 Å². The van der Waals surface area contributed by atoms with E-state index in [9.17, 15) is 0 Å². The summed E-state index contributed by atoms with van der Waals surface area (Å²) in [6, 6.07) is 1.07. The van der Waals surface area contributed by atoms with Gasteiger partial charge in [-0.25, -0.2) is 4.98 Å². The molecule has 2 heterocycles. The Kier molecular flexibility index (Phi) is 4.16. The zero-order chi connectivity index (χ0) is 14.2. The first-order chi connectivity index (χ1) is 9.61. The Hall–Kier alpha value is -0.450. The van der Waals surface area contributed by atoms with E-state index in [-0.39, 0.29) is 0 Å². The van der Waals surface area contributed by atoms with Crippen molar-refractivity contribution >= 4 is 11.3 Å². The molecule has 1 saturated carbocycles. The van der Waals surface area contributed by atoms with Crippen LogP contribution in [0.2, 0.25) is 0 Å². The van der Waals surface area contributed by atoms with Crippen LogP contribution in [0.25, 0.3) is 0 Å². The average molecular weight is 293 g/mol. The number of nitrogens with zero attached hydrogens (tertiary/aromatic N) is 2. The number of rotatable bonds is 3. The molecule has 0 radical (unpaired) electrons. The molecule has 20 heavy (non-hydrogen) atoms. The molecule has 1 N–H and O–H groups in total. The van der Waals surface area contributed by atoms with Gasteiger partial charge in [-0.2, -0.15) is 0 Å². The van der Waals surface area contributed by atoms with E-state index in [0.29, 0.717) is 23.5 Å². The van der Waals surface area contributed by atoms with E-state index in [1.54, 1.807) is 11.3 Å². The Morgan fingerprint density at radius 1 is 1.35 bits per heavy atom. The minimum atomic E-state index is 0.386. The summed E-state index contributed by atoms with van der Waals surface area (Å²) in [5, 5.41) is 7.27. The third kappa shape index (κ3) is 2.66. The zero-order valence-corrected chi connectivity index (χ0v) is 13.7. The number of aromatic nitrogens is 1. The fourth-order valence-electron chi connectivity index (χ4n) is 3.97. The maximum atomic E-state index is 4.56. The van der Waals surface area contributed by atoms with Gasteiger partial charge in [0.05, 0.1) is 6.04 Å². The van der Waals surface area contributed by atoms with Crippen molar-refractivity contribution in [2.24, 2.45) is 5.92 Å². The fraction of sp³-hybridized carbons (Fsp3) is 0.812. The minimum Gasteiger partial charge on any atom is -0.308 e. The molecular weight excluding hydrogens is 266 g/mol. The van der Waals surface area contributed by atoms with Crippen LogP contribution in [0.15, 0.2) is 11.6 Å². The van der Waals surface area contributed by atoms with Gasteiger partial charge >= 0.3 is 0 Å². The van der Waals surface area contributed by atoms with E-state index in [1.165, 1.54) is 37.2 Å². The van der Waals surface area contributed by atoms with E-state index in [4.69, 9.17) is 0 Å². The monoisotopic (exact) mass is 293 g/mol. The molecule has 2 aliphatic rings. The highest BCUT2D eigenvalue weighted by atomic mass is 32.1. The fourth-order valence-corrected chi connectivity index (χ4v) is 4.69. The summed E-state index contributed by atoms with van der Waals surface area (Å²) in [4.78, 5) is 7.28. The Balaban J connectivity index is 1.82. The molecule has 1 aromatic rings. The summed E-state index contributed by atoms with van der Waals surface area (Å²) in [5.41, 5.74) is 0.386. The standard InChI is InChI=1S/C16H27N3S/c1-12(2)14-10-18-16(6-4-5-7-16)11-19(14)13(3)15-17-8-9-20-15/h8-9,12-14,18H,4-7,10-11H2,1-3H3. The summed E-state index contributed by atoms with van der Waals surface area (Å²) in [7, 11) is 0. The Morgan fingerprint density at radius 2 is 2.10 bits per heavy atom. The first-order valence-electron chi connectivity index (χ1n) is 8.01. The molecule has 3 rings (SSSR count). The van der Waals surface area contributed by atoms with Crippen LogP contribution in [0.3, 0.4) is 0 Å². The van der Waals surface area contributed by atoms with Crippen molar-refractivity contribution in [1.82, 2.24) is 15.2 Å². The van der Waals surface area contributed by atoms with Crippen molar-refractivity contribution < 1.29 is 0 Å². The Labute approximate surface area is 126 Å². The van der Waals surface area contributed by atoms with E-state index >= 15 is 0 Å². The van der Waals surface area contributed by atoms with Crippen LogP contribution in [-0.4, -0.2) is 34.6 Å². The molecule has 1 spiro atoms. The van der Waals surface area contributed by atoms with Gasteiger partial charge in [0.25, 0.3) is 0 Å². The summed E-state index contributed by atoms with van der Waals surface area (Å²) < 4.78 is 0. The lowest BCUT2D eigenvalue weighted by atomic mass is 9.88. The average Bonchev–Trinajstić information content (AvgIpc) is 3.09. The molecule has 2 fully saturated rings. The SMILES string of the molecule is CC(C)C1CNC2(CCCC2)CN1C(C)c1nccs1. The van der Waals surface area contributed by atoms with E-state index in [0.717, 1.165) is 6.54 Å². The number of thiazole rings is 1. The summed E-state index contributed by atoms with van der Waals surface area (Å²) in [6.07, 6.45) is 7.41. The molecule has 1 aliphatic heterocycles. The van der Waals surface area contributed by atoms with Crippen molar-refractivity contribution in [3.63, 3.8) is 0 Å². The van der Waals surface area contributed by atoms with Crippen LogP contribution in [0, 0.1) is 5.92 Å². The first-order valence-corrected chi connectivity index (χ1v) is 8.89. The molecule has 0 aromatic carbocycles. The summed E-state index contributed by atoms with van der Waals surface area (Å²) >= 11 is 1.80. The maximum absolute atomic E-state index is 4.56. The van der Waals surface area contributed by atoms with Crippen LogP contribution in [0.5, 0.6) is 0 Å². The lowest BCUT2D eigenvalue weighted by Crippen LogP contribution is -2.64. The summed E-state index contributed by atoms with van der Waals surface area (Å²) in [5.74, 6) is 0.684. The second-order valence-electron chi connectivity index (χ2n) is 6.90. The van der Waals surface area contributed by atoms with Gasteiger partial charge in [0.2, 0.25) is 0 Å². The molecule has 3 nitrogen and oxygen atoms in total. The van der Waals surface area contributed by atoms with E-state index in [2.05, 4.69) is 41.4 Å². The smallest absolute Gasteiger partial charge is 0.109 e. The Morgan fingerprint density at radius 3 is 2.70 bits per heavy atom. The zero-order valence-electron chi connectivity index (χ0n) is 12.9. The molecule has 2 unspecified atom stereocenters. The van der Waals surface area contributed by atoms with E-state index in [1.807, 2.05) is 6.20 Å². The quantitative estimate of drug-likeness (QED) is 0.925. The minimum absolute atomic E-state index is 0.386. The van der Waals surface area contributed by atoms with Gasteiger partial charge in [-0.15, -0.1) is 11.3 Å². The molecule has 0 amide bonds. The van der Waals surface area contributed by atoms with Crippen LogP contribution in [0.1, 0.15) is 57.5 Å². The highest BCUT2D eigenvalue weighted by molar-refractivity contribution is 7.09. The molecule has 0 bridgehead atoms. The number of piperazine rings is 1. The largest absolute Gasteiger partial charge is 0.308 e. The second kappa shape index (κ2) is 5.74. The third-order valence-corrected chi connectivity index (χ3v) is 6.18. The highest BCUT2D eigenvalue weighted by Gasteiger charge is 2.43. The number of hydrogen-bond acceptors (Lipinski definition) is 4. The van der Waals surface area contributed by atoms with Gasteiger partial charge in [-0.3, -0.25) is 4.90 Å². The Bertz CT molecular complexity index is 423. The van der Waals surface area contributed by atoms with Crippen molar-refractivity contribution in [3.8, 4) is 0 Å². The van der Waals surface area contributed by atoms with E-state index < -0.39 is 0 Å². The topological polar surface area (TPSA) is 28.2 Å². The van der Waals surface area contributed by atoms with Crippen molar-refractivity contribution in [3.05, 3.63) is 16.6 Å². The van der Waals surface area contributed by atoms with Crippen LogP contribution >= 0.6 is 11.3 Å². The van der Waals surface area contributed by atoms with Crippen LogP contribution < -0.4 is 5.32 Å². The molecule has 1 aliphatic carbocycles. The van der Waals surface area contributed by atoms with Gasteiger partial charge in [0.15, 0.2) is 0 Å². The number of nitrogens with one attached hydrogen (secondary N) is 1. The van der Waals surface area contributed by atoms with Crippen LogP contribution in [-0.2, 0) is 0 Å². The highest BCUT2D eigenvalue weighted by Crippen LogP contribution is 2.38. The lowest BCUT2D eigenvalue weighted by molar-refractivity contribution is 0.0267. The number of hydrogen-bond donors (Lipinski definition) is 1. The van der Waals surface area contributed by atoms with Crippen molar-refractivity contribution in [1.29, 1.82) is 0 Å². The molecule has 1 saturated heterocycles. The van der Waals surface area contributed by atoms with Gasteiger partial charge in [-0.05, 0) is 25.7 Å². The molecule has 4 heteroatoms. The van der Waals surface area contributed by atoms with Gasteiger partial charge in [0.1, 0.15) is 5.01 Å². The van der Waals surface area contributed by atoms with Crippen LogP contribution in [0.4, 0.5) is 0 Å². The van der Waals surface area contributed by atoms with Gasteiger partial charge < -0.3 is 5.32 Å². The third-order valence-electron chi connectivity index (χ3n) is 5.23. The molecule has 1 aromatic heterocycles.